The molecule has 0 N–H and O–H groups in total. The van der Waals surface area contributed by atoms with Gasteiger partial charge in [-0.2, -0.15) is 0 Å². The molecule has 1 saturated heterocycles. The van der Waals surface area contributed by atoms with Crippen molar-refractivity contribution in [2.24, 2.45) is 0 Å². The van der Waals surface area contributed by atoms with Crippen molar-refractivity contribution in [3.05, 3.63) is 54.6 Å². The predicted molar refractivity (Wildman–Crippen MR) is 95.5 cm³/mol. The van der Waals surface area contributed by atoms with Crippen molar-refractivity contribution in [2.75, 3.05) is 52.7 Å². The van der Waals surface area contributed by atoms with Gasteiger partial charge < -0.3 is 14.2 Å². The van der Waals surface area contributed by atoms with Gasteiger partial charge in [0.25, 0.3) is 0 Å². The summed E-state index contributed by atoms with van der Waals surface area (Å²) in [6.45, 7) is 6.59. The summed E-state index contributed by atoms with van der Waals surface area (Å²) in [5, 5.41) is 0. The highest BCUT2D eigenvalue weighted by Gasteiger charge is 2.09. The topological polar surface area (TPSA) is 30.9 Å². The minimum absolute atomic E-state index is 0.577. The molecule has 0 aromatic heterocycles. The molecule has 0 amide bonds. The maximum atomic E-state index is 5.73. The van der Waals surface area contributed by atoms with E-state index in [1.165, 1.54) is 11.1 Å². The summed E-state index contributed by atoms with van der Waals surface area (Å²) in [6.07, 6.45) is 0. The summed E-state index contributed by atoms with van der Waals surface area (Å²) >= 11 is 0. The van der Waals surface area contributed by atoms with Crippen LogP contribution in [-0.2, 0) is 9.47 Å². The lowest BCUT2D eigenvalue weighted by Crippen LogP contribution is -2.38. The van der Waals surface area contributed by atoms with Crippen LogP contribution in [0.5, 0.6) is 5.75 Å². The van der Waals surface area contributed by atoms with Crippen LogP contribution >= 0.6 is 0 Å². The van der Waals surface area contributed by atoms with Gasteiger partial charge in [0, 0.05) is 19.6 Å². The van der Waals surface area contributed by atoms with Crippen LogP contribution in [0.2, 0.25) is 0 Å². The number of nitrogens with zero attached hydrogens (tertiary/aromatic N) is 1. The zero-order chi connectivity index (χ0) is 16.5. The number of hydrogen-bond acceptors (Lipinski definition) is 4. The molecule has 3 rings (SSSR count). The molecule has 0 radical (unpaired) electrons. The molecule has 0 atom stereocenters. The standard InChI is InChI=1S/C20H25NO3/c1-2-4-18(5-3-1)19-6-8-20(9-7-19)24-17-16-23-15-12-21-10-13-22-14-11-21/h1-9H,10-17H2. The second-order valence-corrected chi connectivity index (χ2v) is 5.81. The third kappa shape index (κ3) is 5.34. The summed E-state index contributed by atoms with van der Waals surface area (Å²) < 4.78 is 16.7. The zero-order valence-electron chi connectivity index (χ0n) is 14.0. The van der Waals surface area contributed by atoms with Gasteiger partial charge in [0.1, 0.15) is 12.4 Å². The Kier molecular flexibility index (Phi) is 6.66. The molecule has 1 fully saturated rings. The number of rotatable bonds is 8. The Morgan fingerprint density at radius 3 is 2.25 bits per heavy atom. The second-order valence-electron chi connectivity index (χ2n) is 5.81. The minimum Gasteiger partial charge on any atom is -0.491 e. The van der Waals surface area contributed by atoms with Crippen LogP contribution < -0.4 is 4.74 Å². The van der Waals surface area contributed by atoms with Gasteiger partial charge in [-0.3, -0.25) is 4.90 Å². The van der Waals surface area contributed by atoms with Crippen LogP contribution in [0.1, 0.15) is 0 Å². The minimum atomic E-state index is 0.577. The van der Waals surface area contributed by atoms with Crippen LogP contribution in [0.4, 0.5) is 0 Å². The quantitative estimate of drug-likeness (QED) is 0.697. The largest absolute Gasteiger partial charge is 0.491 e. The van der Waals surface area contributed by atoms with Crippen LogP contribution in [-0.4, -0.2) is 57.6 Å². The Bertz CT molecular complexity index is 580. The highest BCUT2D eigenvalue weighted by Crippen LogP contribution is 2.21. The van der Waals surface area contributed by atoms with E-state index in [-0.39, 0.29) is 0 Å². The van der Waals surface area contributed by atoms with Crippen LogP contribution in [0.15, 0.2) is 54.6 Å². The van der Waals surface area contributed by atoms with E-state index >= 15 is 0 Å². The number of hydrogen-bond donors (Lipinski definition) is 0. The molecule has 2 aromatic rings. The van der Waals surface area contributed by atoms with Crippen molar-refractivity contribution in [3.8, 4) is 16.9 Å². The number of morpholine rings is 1. The first-order valence-corrected chi connectivity index (χ1v) is 8.58. The van der Waals surface area contributed by atoms with E-state index in [2.05, 4.69) is 29.2 Å². The molecule has 24 heavy (non-hydrogen) atoms. The SMILES string of the molecule is c1ccc(-c2ccc(OCCOCCN3CCOCC3)cc2)cc1. The monoisotopic (exact) mass is 327 g/mol. The maximum absolute atomic E-state index is 5.73. The molecule has 0 aliphatic carbocycles. The van der Waals surface area contributed by atoms with Gasteiger partial charge in [0.15, 0.2) is 0 Å². The average molecular weight is 327 g/mol. The first-order chi connectivity index (χ1) is 11.9. The molecule has 1 aliphatic heterocycles. The van der Waals surface area contributed by atoms with Gasteiger partial charge in [0.05, 0.1) is 26.4 Å². The Balaban J connectivity index is 1.32. The molecule has 0 bridgehead atoms. The van der Waals surface area contributed by atoms with Gasteiger partial charge in [0.2, 0.25) is 0 Å². The third-order valence-electron chi connectivity index (χ3n) is 4.11. The second kappa shape index (κ2) is 9.42. The van der Waals surface area contributed by atoms with E-state index in [0.717, 1.165) is 45.2 Å². The van der Waals surface area contributed by atoms with E-state index in [9.17, 15) is 0 Å². The first kappa shape index (κ1) is 17.0. The summed E-state index contributed by atoms with van der Waals surface area (Å²) in [6, 6.07) is 18.5. The fourth-order valence-electron chi connectivity index (χ4n) is 2.71. The van der Waals surface area contributed by atoms with Crippen molar-refractivity contribution in [3.63, 3.8) is 0 Å². The van der Waals surface area contributed by atoms with E-state index in [4.69, 9.17) is 14.2 Å². The van der Waals surface area contributed by atoms with Crippen molar-refractivity contribution < 1.29 is 14.2 Å². The predicted octanol–water partition coefficient (Wildman–Crippen LogP) is 3.08. The van der Waals surface area contributed by atoms with E-state index in [1.807, 2.05) is 30.3 Å². The summed E-state index contributed by atoms with van der Waals surface area (Å²) in [5.74, 6) is 0.881. The van der Waals surface area contributed by atoms with Crippen molar-refractivity contribution in [2.45, 2.75) is 0 Å². The molecular formula is C20H25NO3. The molecule has 0 saturated carbocycles. The fraction of sp³-hybridized carbons (Fsp3) is 0.400. The molecule has 4 nitrogen and oxygen atoms in total. The van der Waals surface area contributed by atoms with Crippen molar-refractivity contribution in [1.29, 1.82) is 0 Å². The van der Waals surface area contributed by atoms with Crippen molar-refractivity contribution in [1.82, 2.24) is 4.90 Å². The normalized spacial score (nSPS) is 15.3. The van der Waals surface area contributed by atoms with Crippen LogP contribution in [0, 0.1) is 0 Å². The Morgan fingerprint density at radius 1 is 0.792 bits per heavy atom. The Labute approximate surface area is 144 Å². The van der Waals surface area contributed by atoms with Crippen LogP contribution in [0.25, 0.3) is 11.1 Å². The Morgan fingerprint density at radius 2 is 1.50 bits per heavy atom. The lowest BCUT2D eigenvalue weighted by Gasteiger charge is -2.26. The van der Waals surface area contributed by atoms with Gasteiger partial charge in [-0.25, -0.2) is 0 Å². The number of ether oxygens (including phenoxy) is 3. The smallest absolute Gasteiger partial charge is 0.119 e. The van der Waals surface area contributed by atoms with E-state index in [0.29, 0.717) is 13.2 Å². The van der Waals surface area contributed by atoms with Gasteiger partial charge in [-0.1, -0.05) is 42.5 Å². The summed E-state index contributed by atoms with van der Waals surface area (Å²) in [4.78, 5) is 2.37. The fourth-order valence-corrected chi connectivity index (χ4v) is 2.71. The average Bonchev–Trinajstić information content (AvgIpc) is 2.67. The Hall–Kier alpha value is -1.88. The molecule has 1 heterocycles. The van der Waals surface area contributed by atoms with Gasteiger partial charge in [-0.15, -0.1) is 0 Å². The molecular weight excluding hydrogens is 302 g/mol. The molecule has 0 spiro atoms. The first-order valence-electron chi connectivity index (χ1n) is 8.58. The number of benzene rings is 2. The van der Waals surface area contributed by atoms with E-state index in [1.54, 1.807) is 0 Å². The highest BCUT2D eigenvalue weighted by molar-refractivity contribution is 5.63. The zero-order valence-corrected chi connectivity index (χ0v) is 14.0. The summed E-state index contributed by atoms with van der Waals surface area (Å²) in [5.41, 5.74) is 2.42. The van der Waals surface area contributed by atoms with Crippen LogP contribution in [0.3, 0.4) is 0 Å². The lowest BCUT2D eigenvalue weighted by molar-refractivity contribution is 0.0170. The van der Waals surface area contributed by atoms with Gasteiger partial charge >= 0.3 is 0 Å². The van der Waals surface area contributed by atoms with Crippen molar-refractivity contribution >= 4 is 0 Å². The summed E-state index contributed by atoms with van der Waals surface area (Å²) in [7, 11) is 0. The highest BCUT2D eigenvalue weighted by atomic mass is 16.5. The third-order valence-corrected chi connectivity index (χ3v) is 4.11. The van der Waals surface area contributed by atoms with E-state index < -0.39 is 0 Å². The maximum Gasteiger partial charge on any atom is 0.119 e. The molecule has 1 aliphatic rings. The molecule has 0 unspecified atom stereocenters. The molecule has 4 heteroatoms. The van der Waals surface area contributed by atoms with Gasteiger partial charge in [-0.05, 0) is 23.3 Å². The molecule has 2 aromatic carbocycles. The lowest BCUT2D eigenvalue weighted by atomic mass is 10.1. The molecule has 128 valence electrons.